The monoisotopic (exact) mass is 345 g/mol. The lowest BCUT2D eigenvalue weighted by Gasteiger charge is -2.07. The molecular formula is C24H27NO. The average Bonchev–Trinajstić information content (AvgIpc) is 2.72. The molecule has 0 aliphatic heterocycles. The van der Waals surface area contributed by atoms with Crippen LogP contribution in [0.5, 0.6) is 5.75 Å². The Morgan fingerprint density at radius 3 is 1.88 bits per heavy atom. The molecule has 2 aromatic carbocycles. The van der Waals surface area contributed by atoms with Crippen LogP contribution in [0.4, 0.5) is 0 Å². The van der Waals surface area contributed by atoms with Gasteiger partial charge in [0.15, 0.2) is 0 Å². The molecule has 0 N–H and O–H groups in total. The molecule has 26 heavy (non-hydrogen) atoms. The van der Waals surface area contributed by atoms with Crippen molar-refractivity contribution < 1.29 is 4.74 Å². The number of pyridine rings is 1. The molecule has 0 aliphatic rings. The number of ether oxygens (including phenoxy) is 1. The molecule has 3 rings (SSSR count). The lowest BCUT2D eigenvalue weighted by Crippen LogP contribution is -1.96. The Morgan fingerprint density at radius 1 is 0.731 bits per heavy atom. The topological polar surface area (TPSA) is 22.1 Å². The van der Waals surface area contributed by atoms with Crippen LogP contribution < -0.4 is 4.74 Å². The lowest BCUT2D eigenvalue weighted by atomic mass is 10.0. The second kappa shape index (κ2) is 9.19. The fourth-order valence-corrected chi connectivity index (χ4v) is 2.91. The van der Waals surface area contributed by atoms with Gasteiger partial charge in [-0.05, 0) is 60.6 Å². The molecule has 0 aliphatic carbocycles. The Hall–Kier alpha value is -2.61. The zero-order valence-electron chi connectivity index (χ0n) is 15.7. The van der Waals surface area contributed by atoms with Crippen molar-refractivity contribution in [3.63, 3.8) is 0 Å². The molecular weight excluding hydrogens is 318 g/mol. The van der Waals surface area contributed by atoms with Gasteiger partial charge < -0.3 is 4.74 Å². The Morgan fingerprint density at radius 2 is 1.35 bits per heavy atom. The number of hydrogen-bond donors (Lipinski definition) is 0. The molecule has 2 nitrogen and oxygen atoms in total. The molecule has 0 radical (unpaired) electrons. The van der Waals surface area contributed by atoms with Gasteiger partial charge in [-0.3, -0.25) is 4.98 Å². The van der Waals surface area contributed by atoms with Crippen molar-refractivity contribution in [3.05, 3.63) is 83.6 Å². The van der Waals surface area contributed by atoms with Crippen molar-refractivity contribution in [3.8, 4) is 17.0 Å². The molecule has 3 aromatic rings. The van der Waals surface area contributed by atoms with Crippen LogP contribution in [0.2, 0.25) is 0 Å². The third-order valence-corrected chi connectivity index (χ3v) is 4.58. The zero-order valence-corrected chi connectivity index (χ0v) is 15.7. The van der Waals surface area contributed by atoms with E-state index in [0.29, 0.717) is 0 Å². The predicted octanol–water partition coefficient (Wildman–Crippen LogP) is 5.89. The number of hydrogen-bond acceptors (Lipinski definition) is 2. The number of aryl methyl sites for hydroxylation is 3. The molecule has 0 fully saturated rings. The van der Waals surface area contributed by atoms with E-state index in [1.54, 1.807) is 0 Å². The Kier molecular flexibility index (Phi) is 6.43. The summed E-state index contributed by atoms with van der Waals surface area (Å²) >= 11 is 0. The molecule has 0 atom stereocenters. The summed E-state index contributed by atoms with van der Waals surface area (Å²) in [5.41, 5.74) is 6.18. The minimum Gasteiger partial charge on any atom is -0.494 e. The molecule has 2 heteroatoms. The molecule has 0 bridgehead atoms. The van der Waals surface area contributed by atoms with Crippen LogP contribution in [0, 0.1) is 0 Å². The minimum atomic E-state index is 0.779. The number of rotatable bonds is 8. The first-order valence-corrected chi connectivity index (χ1v) is 9.54. The summed E-state index contributed by atoms with van der Waals surface area (Å²) in [5.74, 6) is 0.960. The van der Waals surface area contributed by atoms with E-state index in [1.807, 2.05) is 6.20 Å². The molecule has 0 saturated carbocycles. The number of aromatic nitrogens is 1. The smallest absolute Gasteiger partial charge is 0.119 e. The van der Waals surface area contributed by atoms with Crippen LogP contribution in [-0.4, -0.2) is 11.6 Å². The van der Waals surface area contributed by atoms with Crippen LogP contribution in [0.25, 0.3) is 11.3 Å². The van der Waals surface area contributed by atoms with Gasteiger partial charge in [-0.2, -0.15) is 0 Å². The van der Waals surface area contributed by atoms with Gasteiger partial charge in [0.2, 0.25) is 0 Å². The van der Waals surface area contributed by atoms with E-state index < -0.39 is 0 Å². The maximum atomic E-state index is 5.64. The van der Waals surface area contributed by atoms with Crippen molar-refractivity contribution in [2.24, 2.45) is 0 Å². The first-order chi connectivity index (χ1) is 12.8. The second-order valence-corrected chi connectivity index (χ2v) is 6.59. The summed E-state index contributed by atoms with van der Waals surface area (Å²) in [6.45, 7) is 5.05. The van der Waals surface area contributed by atoms with Crippen LogP contribution in [-0.2, 0) is 19.3 Å². The molecule has 1 aromatic heterocycles. The molecule has 0 spiro atoms. The highest BCUT2D eigenvalue weighted by Gasteiger charge is 2.01. The van der Waals surface area contributed by atoms with Crippen LogP contribution in [0.15, 0.2) is 66.9 Å². The Balaban J connectivity index is 1.57. The number of benzene rings is 2. The SMILES string of the molecule is CCCOc1ccc(CCc2ccc(-c3ccc(CC)cn3)cc2)cc1. The molecule has 0 saturated heterocycles. The summed E-state index contributed by atoms with van der Waals surface area (Å²) in [6.07, 6.45) is 6.11. The van der Waals surface area contributed by atoms with Gasteiger partial charge in [-0.25, -0.2) is 0 Å². The third kappa shape index (κ3) is 4.95. The summed E-state index contributed by atoms with van der Waals surface area (Å²) in [6, 6.07) is 21.5. The van der Waals surface area contributed by atoms with E-state index in [0.717, 1.165) is 43.7 Å². The van der Waals surface area contributed by atoms with E-state index >= 15 is 0 Å². The fourth-order valence-electron chi connectivity index (χ4n) is 2.91. The van der Waals surface area contributed by atoms with Gasteiger partial charge in [-0.1, -0.05) is 56.3 Å². The van der Waals surface area contributed by atoms with Gasteiger partial charge in [0.05, 0.1) is 12.3 Å². The Bertz CT molecular complexity index is 789. The second-order valence-electron chi connectivity index (χ2n) is 6.59. The number of nitrogens with zero attached hydrogens (tertiary/aromatic N) is 1. The van der Waals surface area contributed by atoms with Crippen molar-refractivity contribution >= 4 is 0 Å². The Labute approximate surface area is 156 Å². The normalized spacial score (nSPS) is 10.7. The van der Waals surface area contributed by atoms with E-state index in [9.17, 15) is 0 Å². The maximum Gasteiger partial charge on any atom is 0.119 e. The summed E-state index contributed by atoms with van der Waals surface area (Å²) < 4.78 is 5.64. The molecule has 0 amide bonds. The van der Waals surface area contributed by atoms with Gasteiger partial charge >= 0.3 is 0 Å². The zero-order chi connectivity index (χ0) is 18.2. The van der Waals surface area contributed by atoms with Gasteiger partial charge in [0, 0.05) is 11.8 Å². The first-order valence-electron chi connectivity index (χ1n) is 9.54. The van der Waals surface area contributed by atoms with Crippen molar-refractivity contribution in [1.29, 1.82) is 0 Å². The van der Waals surface area contributed by atoms with Crippen LogP contribution in [0.3, 0.4) is 0 Å². The average molecular weight is 345 g/mol. The predicted molar refractivity (Wildman–Crippen MR) is 109 cm³/mol. The largest absolute Gasteiger partial charge is 0.494 e. The molecule has 134 valence electrons. The first kappa shape index (κ1) is 18.2. The molecule has 1 heterocycles. The van der Waals surface area contributed by atoms with Crippen molar-refractivity contribution in [1.82, 2.24) is 4.98 Å². The third-order valence-electron chi connectivity index (χ3n) is 4.58. The van der Waals surface area contributed by atoms with E-state index in [2.05, 4.69) is 79.5 Å². The standard InChI is InChI=1S/C24H27NO/c1-3-17-26-23-14-9-21(10-15-23)6-5-20-7-12-22(13-8-20)24-16-11-19(4-2)18-25-24/h7-16,18H,3-6,17H2,1-2H3. The summed E-state index contributed by atoms with van der Waals surface area (Å²) in [4.78, 5) is 4.56. The van der Waals surface area contributed by atoms with E-state index in [4.69, 9.17) is 4.74 Å². The molecule has 0 unspecified atom stereocenters. The highest BCUT2D eigenvalue weighted by atomic mass is 16.5. The highest BCUT2D eigenvalue weighted by Crippen LogP contribution is 2.19. The maximum absolute atomic E-state index is 5.64. The van der Waals surface area contributed by atoms with Crippen molar-refractivity contribution in [2.45, 2.75) is 39.5 Å². The fraction of sp³-hybridized carbons (Fsp3) is 0.292. The summed E-state index contributed by atoms with van der Waals surface area (Å²) in [7, 11) is 0. The minimum absolute atomic E-state index is 0.779. The summed E-state index contributed by atoms with van der Waals surface area (Å²) in [5, 5.41) is 0. The highest BCUT2D eigenvalue weighted by molar-refractivity contribution is 5.59. The van der Waals surface area contributed by atoms with Gasteiger partial charge in [-0.15, -0.1) is 0 Å². The van der Waals surface area contributed by atoms with Crippen molar-refractivity contribution in [2.75, 3.05) is 6.61 Å². The van der Waals surface area contributed by atoms with Crippen LogP contribution >= 0.6 is 0 Å². The van der Waals surface area contributed by atoms with E-state index in [-0.39, 0.29) is 0 Å². The van der Waals surface area contributed by atoms with Gasteiger partial charge in [0.25, 0.3) is 0 Å². The van der Waals surface area contributed by atoms with E-state index in [1.165, 1.54) is 22.3 Å². The van der Waals surface area contributed by atoms with Crippen LogP contribution in [0.1, 0.15) is 37.0 Å². The lowest BCUT2D eigenvalue weighted by molar-refractivity contribution is 0.317. The van der Waals surface area contributed by atoms with Gasteiger partial charge in [0.1, 0.15) is 5.75 Å². The quantitative estimate of drug-likeness (QED) is 0.508.